The van der Waals surface area contributed by atoms with Gasteiger partial charge in [-0.15, -0.1) is 0 Å². The fraction of sp³-hybridized carbons (Fsp3) is 0.130. The van der Waals surface area contributed by atoms with Crippen molar-refractivity contribution in [1.82, 2.24) is 0 Å². The van der Waals surface area contributed by atoms with E-state index in [0.29, 0.717) is 6.04 Å². The second kappa shape index (κ2) is 4.39. The lowest BCUT2D eigenvalue weighted by Crippen LogP contribution is -2.22. The molecular formula is C23H17N. The number of rotatable bonds is 0. The zero-order valence-electron chi connectivity index (χ0n) is 13.4. The third kappa shape index (κ3) is 1.50. The first-order chi connectivity index (χ1) is 11.9. The standard InChI is InChI=1S/C23H17N/c1-3-7-20-15(5-1)9-11-17-13-19-14-18-12-10-16-6-2-4-8-21(16)23(18)24(19)22(17)20/h1-12,19H,13-14H2. The van der Waals surface area contributed by atoms with E-state index in [1.54, 1.807) is 0 Å². The fourth-order valence-electron chi connectivity index (χ4n) is 4.74. The summed E-state index contributed by atoms with van der Waals surface area (Å²) in [5, 5.41) is 5.45. The van der Waals surface area contributed by atoms with Gasteiger partial charge in [0, 0.05) is 16.8 Å². The molecule has 0 N–H and O–H groups in total. The summed E-state index contributed by atoms with van der Waals surface area (Å²) < 4.78 is 0. The molecule has 0 saturated carbocycles. The lowest BCUT2D eigenvalue weighted by Gasteiger charge is -2.23. The van der Waals surface area contributed by atoms with Gasteiger partial charge in [0.1, 0.15) is 0 Å². The van der Waals surface area contributed by atoms with Gasteiger partial charge in [-0.05, 0) is 34.7 Å². The zero-order chi connectivity index (χ0) is 15.7. The highest BCUT2D eigenvalue weighted by molar-refractivity contribution is 6.06. The Morgan fingerprint density at radius 3 is 1.62 bits per heavy atom. The van der Waals surface area contributed by atoms with Gasteiger partial charge in [-0.25, -0.2) is 0 Å². The lowest BCUT2D eigenvalue weighted by atomic mass is 9.99. The highest BCUT2D eigenvalue weighted by Crippen LogP contribution is 2.51. The second-order valence-electron chi connectivity index (χ2n) is 7.02. The van der Waals surface area contributed by atoms with E-state index in [2.05, 4.69) is 77.7 Å². The molecule has 0 radical (unpaired) electrons. The minimum atomic E-state index is 0.576. The van der Waals surface area contributed by atoms with E-state index in [1.165, 1.54) is 44.0 Å². The molecule has 0 atom stereocenters. The number of anilines is 2. The van der Waals surface area contributed by atoms with Crippen molar-refractivity contribution < 1.29 is 0 Å². The maximum Gasteiger partial charge on any atom is 0.0526 e. The lowest BCUT2D eigenvalue weighted by molar-refractivity contribution is 0.726. The van der Waals surface area contributed by atoms with E-state index in [4.69, 9.17) is 0 Å². The average Bonchev–Trinajstić information content (AvgIpc) is 3.17. The van der Waals surface area contributed by atoms with Crippen molar-refractivity contribution in [2.24, 2.45) is 0 Å². The molecule has 0 bridgehead atoms. The zero-order valence-corrected chi connectivity index (χ0v) is 13.4. The van der Waals surface area contributed by atoms with Crippen LogP contribution in [0.4, 0.5) is 11.4 Å². The maximum atomic E-state index is 2.63. The summed E-state index contributed by atoms with van der Waals surface area (Å²) in [5.41, 5.74) is 5.87. The van der Waals surface area contributed by atoms with Crippen molar-refractivity contribution in [3.8, 4) is 0 Å². The Hall–Kier alpha value is -2.80. The summed E-state index contributed by atoms with van der Waals surface area (Å²) in [5.74, 6) is 0. The molecule has 2 aliphatic rings. The van der Waals surface area contributed by atoms with Crippen molar-refractivity contribution in [1.29, 1.82) is 0 Å². The van der Waals surface area contributed by atoms with Crippen LogP contribution < -0.4 is 4.90 Å². The van der Waals surface area contributed by atoms with Gasteiger partial charge >= 0.3 is 0 Å². The van der Waals surface area contributed by atoms with E-state index in [0.717, 1.165) is 12.8 Å². The van der Waals surface area contributed by atoms with E-state index in [-0.39, 0.29) is 0 Å². The molecule has 4 aromatic rings. The first-order valence-electron chi connectivity index (χ1n) is 8.71. The first kappa shape index (κ1) is 12.6. The molecule has 6 rings (SSSR count). The molecule has 1 heteroatoms. The Balaban J connectivity index is 1.71. The first-order valence-corrected chi connectivity index (χ1v) is 8.71. The van der Waals surface area contributed by atoms with Gasteiger partial charge < -0.3 is 4.90 Å². The van der Waals surface area contributed by atoms with Gasteiger partial charge in [-0.2, -0.15) is 0 Å². The molecular weight excluding hydrogens is 290 g/mol. The normalized spacial score (nSPS) is 15.8. The maximum absolute atomic E-state index is 2.63. The molecule has 0 spiro atoms. The molecule has 4 aromatic carbocycles. The van der Waals surface area contributed by atoms with Gasteiger partial charge in [-0.1, -0.05) is 72.8 Å². The highest BCUT2D eigenvalue weighted by atomic mass is 15.2. The molecule has 2 heterocycles. The number of hydrogen-bond donors (Lipinski definition) is 0. The predicted molar refractivity (Wildman–Crippen MR) is 101 cm³/mol. The van der Waals surface area contributed by atoms with E-state index in [1.807, 2.05) is 0 Å². The van der Waals surface area contributed by atoms with Crippen LogP contribution >= 0.6 is 0 Å². The van der Waals surface area contributed by atoms with E-state index < -0.39 is 0 Å². The molecule has 114 valence electrons. The fourth-order valence-corrected chi connectivity index (χ4v) is 4.74. The van der Waals surface area contributed by atoms with Crippen molar-refractivity contribution >= 4 is 32.9 Å². The van der Waals surface area contributed by atoms with Crippen LogP contribution in [0.5, 0.6) is 0 Å². The summed E-state index contributed by atoms with van der Waals surface area (Å²) in [4.78, 5) is 2.63. The second-order valence-corrected chi connectivity index (χ2v) is 7.02. The molecule has 2 aliphatic heterocycles. The summed E-state index contributed by atoms with van der Waals surface area (Å²) in [7, 11) is 0. The van der Waals surface area contributed by atoms with Crippen LogP contribution in [-0.2, 0) is 12.8 Å². The SMILES string of the molecule is c1ccc2c3c(ccc2c1)CC1Cc2ccc4ccccc4c2N31. The van der Waals surface area contributed by atoms with Crippen molar-refractivity contribution in [3.05, 3.63) is 83.9 Å². The van der Waals surface area contributed by atoms with Gasteiger partial charge in [-0.3, -0.25) is 0 Å². The number of fused-ring (bicyclic) bond motifs is 9. The highest BCUT2D eigenvalue weighted by Gasteiger charge is 2.38. The Kier molecular flexibility index (Phi) is 2.30. The van der Waals surface area contributed by atoms with Crippen LogP contribution in [0, 0.1) is 0 Å². The smallest absolute Gasteiger partial charge is 0.0526 e. The van der Waals surface area contributed by atoms with Crippen LogP contribution in [0.25, 0.3) is 21.5 Å². The van der Waals surface area contributed by atoms with E-state index in [9.17, 15) is 0 Å². The van der Waals surface area contributed by atoms with Gasteiger partial charge in [0.2, 0.25) is 0 Å². The largest absolute Gasteiger partial charge is 0.336 e. The van der Waals surface area contributed by atoms with Gasteiger partial charge in [0.05, 0.1) is 11.4 Å². The molecule has 0 unspecified atom stereocenters. The third-order valence-electron chi connectivity index (χ3n) is 5.73. The van der Waals surface area contributed by atoms with Gasteiger partial charge in [0.15, 0.2) is 0 Å². The average molecular weight is 307 g/mol. The number of nitrogens with zero attached hydrogens (tertiary/aromatic N) is 1. The summed E-state index contributed by atoms with van der Waals surface area (Å²) in [6.07, 6.45) is 2.31. The van der Waals surface area contributed by atoms with Crippen molar-refractivity contribution in [2.75, 3.05) is 4.90 Å². The molecule has 0 amide bonds. The molecule has 0 aliphatic carbocycles. The van der Waals surface area contributed by atoms with Crippen LogP contribution in [-0.4, -0.2) is 6.04 Å². The summed E-state index contributed by atoms with van der Waals surface area (Å²) in [6.45, 7) is 0. The van der Waals surface area contributed by atoms with Crippen LogP contribution in [0.15, 0.2) is 72.8 Å². The molecule has 1 nitrogen and oxygen atoms in total. The van der Waals surface area contributed by atoms with E-state index >= 15 is 0 Å². The Morgan fingerprint density at radius 2 is 1.08 bits per heavy atom. The number of benzene rings is 4. The third-order valence-corrected chi connectivity index (χ3v) is 5.73. The Labute approximate surface area is 141 Å². The van der Waals surface area contributed by atoms with Gasteiger partial charge in [0.25, 0.3) is 0 Å². The van der Waals surface area contributed by atoms with Crippen LogP contribution in [0.2, 0.25) is 0 Å². The Bertz CT molecular complexity index is 1040. The monoisotopic (exact) mass is 307 g/mol. The predicted octanol–water partition coefficient (Wildman–Crippen LogP) is 5.61. The van der Waals surface area contributed by atoms with Crippen molar-refractivity contribution in [2.45, 2.75) is 18.9 Å². The number of hydrogen-bond acceptors (Lipinski definition) is 1. The minimum absolute atomic E-state index is 0.576. The van der Waals surface area contributed by atoms with Crippen LogP contribution in [0.1, 0.15) is 11.1 Å². The minimum Gasteiger partial charge on any atom is -0.336 e. The quantitative estimate of drug-likeness (QED) is 0.408. The topological polar surface area (TPSA) is 3.24 Å². The van der Waals surface area contributed by atoms with Crippen LogP contribution in [0.3, 0.4) is 0 Å². The molecule has 24 heavy (non-hydrogen) atoms. The Morgan fingerprint density at radius 1 is 0.583 bits per heavy atom. The molecule has 0 fully saturated rings. The molecule has 0 saturated heterocycles. The summed E-state index contributed by atoms with van der Waals surface area (Å²) in [6, 6.07) is 27.4. The summed E-state index contributed by atoms with van der Waals surface area (Å²) >= 11 is 0. The molecule has 0 aromatic heterocycles. The van der Waals surface area contributed by atoms with Crippen molar-refractivity contribution in [3.63, 3.8) is 0 Å².